The molecule has 2 rings (SSSR count). The normalized spacial score (nSPS) is 12.1. The van der Waals surface area contributed by atoms with Gasteiger partial charge in [-0.05, 0) is 24.7 Å². The summed E-state index contributed by atoms with van der Waals surface area (Å²) in [6.07, 6.45) is 1.57. The predicted octanol–water partition coefficient (Wildman–Crippen LogP) is 1.65. The van der Waals surface area contributed by atoms with Gasteiger partial charge in [0.25, 0.3) is 0 Å². The molecule has 0 spiro atoms. The monoisotopic (exact) mass is 287 g/mol. The minimum absolute atomic E-state index is 0.429. The van der Waals surface area contributed by atoms with Gasteiger partial charge in [0.05, 0.1) is 12.8 Å². The van der Waals surface area contributed by atoms with E-state index in [9.17, 15) is 9.59 Å². The third-order valence-corrected chi connectivity index (χ3v) is 3.04. The number of nitrogens with zero attached hydrogens (tertiary/aromatic N) is 1. The molecule has 1 aromatic heterocycles. The number of benzene rings is 1. The summed E-state index contributed by atoms with van der Waals surface area (Å²) < 4.78 is 5.29. The number of urea groups is 1. The molecule has 2 aromatic rings. The Bertz CT molecular complexity index is 596. The summed E-state index contributed by atoms with van der Waals surface area (Å²) >= 11 is 0. The molecule has 1 heterocycles. The molecule has 0 aliphatic carbocycles. The lowest BCUT2D eigenvalue weighted by Gasteiger charge is -2.26. The van der Waals surface area contributed by atoms with Gasteiger partial charge in [0.15, 0.2) is 0 Å². The Morgan fingerprint density at radius 1 is 1.24 bits per heavy atom. The summed E-state index contributed by atoms with van der Waals surface area (Å²) in [5, 5.41) is 2.13. The number of furan rings is 1. The number of carbonyl (C=O) groups is 2. The molecule has 3 N–H and O–H groups in total. The second-order valence-electron chi connectivity index (χ2n) is 4.66. The molecule has 110 valence electrons. The first-order chi connectivity index (χ1) is 10.1. The first-order valence-electron chi connectivity index (χ1n) is 6.46. The molecule has 6 nitrogen and oxygen atoms in total. The fourth-order valence-corrected chi connectivity index (χ4v) is 2.17. The smallest absolute Gasteiger partial charge is 0.318 e. The number of rotatable bonds is 5. The van der Waals surface area contributed by atoms with E-state index in [1.165, 1.54) is 0 Å². The summed E-state index contributed by atoms with van der Waals surface area (Å²) in [6, 6.07) is 11.3. The minimum atomic E-state index is -0.868. The highest BCUT2D eigenvalue weighted by atomic mass is 16.3. The molecule has 0 aliphatic rings. The van der Waals surface area contributed by atoms with E-state index in [0.717, 1.165) is 11.3 Å². The van der Waals surface area contributed by atoms with Crippen LogP contribution < -0.4 is 11.1 Å². The summed E-state index contributed by atoms with van der Waals surface area (Å²) in [5.74, 6) is 0.257. The standard InChI is InChI=1S/C15H17N3O3/c1-18(10-12-8-5-9-21-12)13(14(19)17-15(16)20)11-6-3-2-4-7-11/h2-9,13H,10H2,1H3,(H3,16,17,19,20)/t13-/m0/s1. The highest BCUT2D eigenvalue weighted by Gasteiger charge is 2.26. The summed E-state index contributed by atoms with van der Waals surface area (Å²) in [6.45, 7) is 0.429. The van der Waals surface area contributed by atoms with Crippen molar-refractivity contribution in [3.63, 3.8) is 0 Å². The Balaban J connectivity index is 2.22. The average Bonchev–Trinajstić information content (AvgIpc) is 2.92. The molecule has 0 radical (unpaired) electrons. The van der Waals surface area contributed by atoms with Gasteiger partial charge in [-0.3, -0.25) is 15.0 Å². The number of likely N-dealkylation sites (N-methyl/N-ethyl adjacent to an activating group) is 1. The highest BCUT2D eigenvalue weighted by Crippen LogP contribution is 2.21. The van der Waals surface area contributed by atoms with Gasteiger partial charge in [-0.15, -0.1) is 0 Å². The number of primary amides is 1. The zero-order valence-corrected chi connectivity index (χ0v) is 11.7. The summed E-state index contributed by atoms with van der Waals surface area (Å²) in [4.78, 5) is 25.0. The van der Waals surface area contributed by atoms with Crippen LogP contribution >= 0.6 is 0 Å². The second kappa shape index (κ2) is 6.71. The van der Waals surface area contributed by atoms with Gasteiger partial charge in [-0.25, -0.2) is 4.79 Å². The Hall–Kier alpha value is -2.60. The van der Waals surface area contributed by atoms with E-state index >= 15 is 0 Å². The average molecular weight is 287 g/mol. The number of hydrogen-bond acceptors (Lipinski definition) is 4. The molecule has 3 amide bonds. The summed E-state index contributed by atoms with van der Waals surface area (Å²) in [5.41, 5.74) is 5.81. The lowest BCUT2D eigenvalue weighted by Crippen LogP contribution is -2.43. The first-order valence-corrected chi connectivity index (χ1v) is 6.46. The number of carbonyl (C=O) groups excluding carboxylic acids is 2. The van der Waals surface area contributed by atoms with E-state index in [1.807, 2.05) is 36.4 Å². The van der Waals surface area contributed by atoms with Crippen LogP contribution in [0.2, 0.25) is 0 Å². The van der Waals surface area contributed by atoms with E-state index < -0.39 is 18.0 Å². The van der Waals surface area contributed by atoms with Crippen molar-refractivity contribution in [2.24, 2.45) is 5.73 Å². The number of imide groups is 1. The molecule has 1 aromatic carbocycles. The van der Waals surface area contributed by atoms with Crippen molar-refractivity contribution in [2.45, 2.75) is 12.6 Å². The Morgan fingerprint density at radius 3 is 2.52 bits per heavy atom. The van der Waals surface area contributed by atoms with Crippen molar-refractivity contribution >= 4 is 11.9 Å². The van der Waals surface area contributed by atoms with Crippen molar-refractivity contribution in [1.82, 2.24) is 10.2 Å². The molecule has 0 fully saturated rings. The van der Waals surface area contributed by atoms with Gasteiger partial charge in [0, 0.05) is 0 Å². The van der Waals surface area contributed by atoms with Gasteiger partial charge in [0.2, 0.25) is 5.91 Å². The molecule has 1 atom stereocenters. The number of nitrogens with one attached hydrogen (secondary N) is 1. The third kappa shape index (κ3) is 3.93. The van der Waals surface area contributed by atoms with Crippen LogP contribution in [0.5, 0.6) is 0 Å². The zero-order chi connectivity index (χ0) is 15.2. The van der Waals surface area contributed by atoms with Gasteiger partial charge < -0.3 is 10.2 Å². The van der Waals surface area contributed by atoms with E-state index in [-0.39, 0.29) is 0 Å². The molecule has 21 heavy (non-hydrogen) atoms. The van der Waals surface area contributed by atoms with Crippen LogP contribution in [0.25, 0.3) is 0 Å². The van der Waals surface area contributed by atoms with Crippen molar-refractivity contribution in [3.05, 3.63) is 60.1 Å². The van der Waals surface area contributed by atoms with Gasteiger partial charge in [0.1, 0.15) is 11.8 Å². The van der Waals surface area contributed by atoms with E-state index in [0.29, 0.717) is 6.54 Å². The molecular formula is C15H17N3O3. The Kier molecular flexibility index (Phi) is 4.73. The van der Waals surface area contributed by atoms with Crippen LogP contribution in [0, 0.1) is 0 Å². The zero-order valence-electron chi connectivity index (χ0n) is 11.7. The topological polar surface area (TPSA) is 88.6 Å². The van der Waals surface area contributed by atoms with Crippen LogP contribution in [0.15, 0.2) is 53.1 Å². The van der Waals surface area contributed by atoms with Crippen LogP contribution in [-0.2, 0) is 11.3 Å². The third-order valence-electron chi connectivity index (χ3n) is 3.04. The number of hydrogen-bond donors (Lipinski definition) is 2. The maximum atomic E-state index is 12.2. The maximum Gasteiger partial charge on any atom is 0.318 e. The molecule has 6 heteroatoms. The lowest BCUT2D eigenvalue weighted by atomic mass is 10.0. The Labute approximate surface area is 122 Å². The van der Waals surface area contributed by atoms with Crippen molar-refractivity contribution in [3.8, 4) is 0 Å². The number of nitrogens with two attached hydrogens (primary N) is 1. The predicted molar refractivity (Wildman–Crippen MR) is 77.1 cm³/mol. The largest absolute Gasteiger partial charge is 0.468 e. The summed E-state index contributed by atoms with van der Waals surface area (Å²) in [7, 11) is 1.78. The van der Waals surface area contributed by atoms with Crippen LogP contribution in [-0.4, -0.2) is 23.9 Å². The maximum absolute atomic E-state index is 12.2. The molecule has 0 saturated carbocycles. The molecule has 0 aliphatic heterocycles. The quantitative estimate of drug-likeness (QED) is 0.875. The first kappa shape index (κ1) is 14.8. The SMILES string of the molecule is CN(Cc1ccco1)[C@H](C(=O)NC(N)=O)c1ccccc1. The van der Waals surface area contributed by atoms with Crippen LogP contribution in [0.1, 0.15) is 17.4 Å². The highest BCUT2D eigenvalue weighted by molar-refractivity contribution is 5.96. The minimum Gasteiger partial charge on any atom is -0.468 e. The van der Waals surface area contributed by atoms with Crippen molar-refractivity contribution in [1.29, 1.82) is 0 Å². The van der Waals surface area contributed by atoms with E-state index in [2.05, 4.69) is 5.32 Å². The molecule has 0 bridgehead atoms. The van der Waals surface area contributed by atoms with Crippen molar-refractivity contribution < 1.29 is 14.0 Å². The van der Waals surface area contributed by atoms with Gasteiger partial charge in [-0.1, -0.05) is 30.3 Å². The van der Waals surface area contributed by atoms with Crippen LogP contribution in [0.4, 0.5) is 4.79 Å². The lowest BCUT2D eigenvalue weighted by molar-refractivity contribution is -0.125. The number of amides is 3. The van der Waals surface area contributed by atoms with E-state index in [1.54, 1.807) is 24.3 Å². The molecule has 0 unspecified atom stereocenters. The van der Waals surface area contributed by atoms with Crippen molar-refractivity contribution in [2.75, 3.05) is 7.05 Å². The van der Waals surface area contributed by atoms with Gasteiger partial charge in [-0.2, -0.15) is 0 Å². The van der Waals surface area contributed by atoms with E-state index in [4.69, 9.17) is 10.2 Å². The fraction of sp³-hybridized carbons (Fsp3) is 0.200. The van der Waals surface area contributed by atoms with Crippen LogP contribution in [0.3, 0.4) is 0 Å². The fourth-order valence-electron chi connectivity index (χ4n) is 2.17. The molecular weight excluding hydrogens is 270 g/mol. The molecule has 0 saturated heterocycles. The second-order valence-corrected chi connectivity index (χ2v) is 4.66. The Morgan fingerprint density at radius 2 is 1.95 bits per heavy atom. The van der Waals surface area contributed by atoms with Gasteiger partial charge >= 0.3 is 6.03 Å².